The van der Waals surface area contributed by atoms with E-state index in [-0.39, 0.29) is 12.3 Å². The van der Waals surface area contributed by atoms with Crippen molar-refractivity contribution in [3.05, 3.63) is 59.7 Å². The molecule has 0 aliphatic carbocycles. The minimum absolute atomic E-state index is 0.251. The van der Waals surface area contributed by atoms with Crippen molar-refractivity contribution in [3.63, 3.8) is 0 Å². The van der Waals surface area contributed by atoms with Crippen LogP contribution in [0.4, 0.5) is 0 Å². The third kappa shape index (κ3) is 7.25. The van der Waals surface area contributed by atoms with E-state index in [1.807, 2.05) is 13.8 Å². The number of ether oxygens (including phenoxy) is 4. The molecule has 0 heterocycles. The van der Waals surface area contributed by atoms with Crippen LogP contribution in [0.2, 0.25) is 0 Å². The van der Waals surface area contributed by atoms with Crippen LogP contribution in [0.5, 0.6) is 23.0 Å². The lowest BCUT2D eigenvalue weighted by Crippen LogP contribution is -2.41. The van der Waals surface area contributed by atoms with Gasteiger partial charge in [0.25, 0.3) is 0 Å². The zero-order valence-electron chi connectivity index (χ0n) is 23.2. The minimum Gasteiger partial charge on any atom is -0.493 e. The summed E-state index contributed by atoms with van der Waals surface area (Å²) in [5, 5.41) is 0. The molecule has 0 bridgehead atoms. The van der Waals surface area contributed by atoms with Gasteiger partial charge < -0.3 is 23.8 Å². The van der Waals surface area contributed by atoms with Gasteiger partial charge >= 0.3 is 0 Å². The first kappa shape index (κ1) is 30.2. The van der Waals surface area contributed by atoms with Gasteiger partial charge in [-0.3, -0.25) is 14.4 Å². The first-order valence-corrected chi connectivity index (χ1v) is 12.3. The summed E-state index contributed by atoms with van der Waals surface area (Å²) in [6, 6.07) is 10.4. The predicted octanol–water partition coefficient (Wildman–Crippen LogP) is 4.85. The van der Waals surface area contributed by atoms with Crippen molar-refractivity contribution in [1.29, 1.82) is 0 Å². The van der Waals surface area contributed by atoms with Crippen LogP contribution in [0.1, 0.15) is 38.3 Å². The second-order valence-corrected chi connectivity index (χ2v) is 8.70. The molecule has 2 aromatic rings. The molecule has 0 fully saturated rings. The highest BCUT2D eigenvalue weighted by Gasteiger charge is 2.40. The molecular formula is C30H37NO7. The van der Waals surface area contributed by atoms with Crippen molar-refractivity contribution in [3.8, 4) is 23.0 Å². The van der Waals surface area contributed by atoms with Gasteiger partial charge in [0.1, 0.15) is 5.41 Å². The summed E-state index contributed by atoms with van der Waals surface area (Å²) in [6.45, 7) is 6.19. The van der Waals surface area contributed by atoms with Crippen LogP contribution < -0.4 is 18.9 Å². The van der Waals surface area contributed by atoms with Gasteiger partial charge in [-0.2, -0.15) is 0 Å². The average Bonchev–Trinajstić information content (AvgIpc) is 2.94. The normalized spacial score (nSPS) is 11.4. The molecule has 8 heteroatoms. The molecule has 1 amide bonds. The number of nitrogens with zero attached hydrogens (tertiary/aromatic N) is 1. The summed E-state index contributed by atoms with van der Waals surface area (Å²) in [4.78, 5) is 41.6. The average molecular weight is 524 g/mol. The zero-order chi connectivity index (χ0) is 28.3. The highest BCUT2D eigenvalue weighted by atomic mass is 16.5. The van der Waals surface area contributed by atoms with Crippen molar-refractivity contribution < 1.29 is 33.3 Å². The SMILES string of the molecule is CCN(CC)C(=O)CC(C)(C(=O)/C=C/c1ccc(OC)c(OC)c1)C(=O)/C=C/c1ccc(OC)c(OC)c1. The summed E-state index contributed by atoms with van der Waals surface area (Å²) in [5.41, 5.74) is -0.233. The largest absolute Gasteiger partial charge is 0.493 e. The number of carbonyl (C=O) groups is 3. The van der Waals surface area contributed by atoms with Gasteiger partial charge in [-0.05, 0) is 68.3 Å². The van der Waals surface area contributed by atoms with E-state index >= 15 is 0 Å². The fourth-order valence-electron chi connectivity index (χ4n) is 3.91. The number of rotatable bonds is 14. The summed E-state index contributed by atoms with van der Waals surface area (Å²) >= 11 is 0. The van der Waals surface area contributed by atoms with Crippen LogP contribution in [0, 0.1) is 5.41 Å². The summed E-state index contributed by atoms with van der Waals surface area (Å²) in [7, 11) is 6.12. The van der Waals surface area contributed by atoms with Crippen molar-refractivity contribution in [2.24, 2.45) is 5.41 Å². The summed E-state index contributed by atoms with van der Waals surface area (Å²) < 4.78 is 21.2. The van der Waals surface area contributed by atoms with E-state index in [0.717, 1.165) is 0 Å². The molecule has 0 saturated heterocycles. The van der Waals surface area contributed by atoms with E-state index < -0.39 is 17.0 Å². The van der Waals surface area contributed by atoms with E-state index in [2.05, 4.69) is 0 Å². The monoisotopic (exact) mass is 523 g/mol. The first-order valence-electron chi connectivity index (χ1n) is 12.3. The Morgan fingerprint density at radius 1 is 0.711 bits per heavy atom. The van der Waals surface area contributed by atoms with Gasteiger partial charge in [0.15, 0.2) is 34.6 Å². The Morgan fingerprint density at radius 3 is 1.45 bits per heavy atom. The molecule has 0 spiro atoms. The van der Waals surface area contributed by atoms with Crippen molar-refractivity contribution in [2.75, 3.05) is 41.5 Å². The number of hydrogen-bond donors (Lipinski definition) is 0. The highest BCUT2D eigenvalue weighted by molar-refractivity contribution is 6.18. The van der Waals surface area contributed by atoms with Crippen LogP contribution in [-0.2, 0) is 14.4 Å². The third-order valence-electron chi connectivity index (χ3n) is 6.38. The first-order chi connectivity index (χ1) is 18.2. The molecule has 0 atom stereocenters. The number of amides is 1. The Bertz CT molecular complexity index is 1120. The number of ketones is 2. The quantitative estimate of drug-likeness (QED) is 0.258. The second kappa shape index (κ2) is 14.0. The Hall–Kier alpha value is -4.07. The maximum absolute atomic E-state index is 13.5. The molecule has 0 saturated carbocycles. The van der Waals surface area contributed by atoms with E-state index in [1.165, 1.54) is 47.5 Å². The molecular weight excluding hydrogens is 486 g/mol. The smallest absolute Gasteiger partial charge is 0.224 e. The molecule has 0 aliphatic rings. The number of carbonyl (C=O) groups excluding carboxylic acids is 3. The molecule has 2 rings (SSSR count). The number of benzene rings is 2. The molecule has 38 heavy (non-hydrogen) atoms. The molecule has 8 nitrogen and oxygen atoms in total. The van der Waals surface area contributed by atoms with Gasteiger partial charge in [0.05, 0.1) is 28.4 Å². The third-order valence-corrected chi connectivity index (χ3v) is 6.38. The van der Waals surface area contributed by atoms with Gasteiger partial charge in [-0.25, -0.2) is 0 Å². The number of methoxy groups -OCH3 is 4. The minimum atomic E-state index is -1.60. The van der Waals surface area contributed by atoms with Gasteiger partial charge in [0.2, 0.25) is 5.91 Å². The summed E-state index contributed by atoms with van der Waals surface area (Å²) in [6.07, 6.45) is 5.60. The molecule has 2 aromatic carbocycles. The molecule has 204 valence electrons. The van der Waals surface area contributed by atoms with Crippen molar-refractivity contribution in [2.45, 2.75) is 27.2 Å². The lowest BCUT2D eigenvalue weighted by molar-refractivity contribution is -0.143. The highest BCUT2D eigenvalue weighted by Crippen LogP contribution is 2.31. The Morgan fingerprint density at radius 2 is 1.11 bits per heavy atom. The van der Waals surface area contributed by atoms with E-state index in [4.69, 9.17) is 18.9 Å². The molecule has 0 unspecified atom stereocenters. The van der Waals surface area contributed by atoms with E-state index in [9.17, 15) is 14.4 Å². The molecule has 0 aromatic heterocycles. The molecule has 0 aliphatic heterocycles. The fourth-order valence-corrected chi connectivity index (χ4v) is 3.91. The summed E-state index contributed by atoms with van der Waals surface area (Å²) in [5.74, 6) is 0.913. The van der Waals surface area contributed by atoms with Gasteiger partial charge in [-0.15, -0.1) is 0 Å². The topological polar surface area (TPSA) is 91.4 Å². The Kier molecular flexibility index (Phi) is 11.1. The standard InChI is InChI=1S/C30H37NO7/c1-8-31(9-2)29(34)20-30(3,27(32)16-12-21-10-14-23(35-4)25(18-21)37-6)28(33)17-13-22-11-15-24(36-5)26(19-22)38-7/h10-19H,8-9,20H2,1-7H3/b16-12+,17-13+. The number of hydrogen-bond acceptors (Lipinski definition) is 7. The zero-order valence-corrected chi connectivity index (χ0v) is 23.2. The van der Waals surface area contributed by atoms with Crippen LogP contribution in [0.3, 0.4) is 0 Å². The fraction of sp³-hybridized carbons (Fsp3) is 0.367. The van der Waals surface area contributed by atoms with Gasteiger partial charge in [0, 0.05) is 19.5 Å². The lowest BCUT2D eigenvalue weighted by atomic mass is 9.77. The van der Waals surface area contributed by atoms with Crippen LogP contribution >= 0.6 is 0 Å². The second-order valence-electron chi connectivity index (χ2n) is 8.70. The molecule has 0 N–H and O–H groups in total. The van der Waals surface area contributed by atoms with Crippen molar-refractivity contribution in [1.82, 2.24) is 4.90 Å². The van der Waals surface area contributed by atoms with E-state index in [0.29, 0.717) is 47.2 Å². The van der Waals surface area contributed by atoms with Gasteiger partial charge in [-0.1, -0.05) is 24.3 Å². The van der Waals surface area contributed by atoms with Crippen LogP contribution in [-0.4, -0.2) is 63.9 Å². The Labute approximate surface area is 224 Å². The van der Waals surface area contributed by atoms with E-state index in [1.54, 1.807) is 53.5 Å². The lowest BCUT2D eigenvalue weighted by Gasteiger charge is -2.27. The molecule has 0 radical (unpaired) electrons. The Balaban J connectivity index is 2.41. The maximum Gasteiger partial charge on any atom is 0.224 e. The predicted molar refractivity (Wildman–Crippen MR) is 148 cm³/mol. The van der Waals surface area contributed by atoms with Crippen LogP contribution in [0.25, 0.3) is 12.2 Å². The maximum atomic E-state index is 13.5. The van der Waals surface area contributed by atoms with Crippen molar-refractivity contribution >= 4 is 29.6 Å². The van der Waals surface area contributed by atoms with Crippen LogP contribution in [0.15, 0.2) is 48.6 Å². The number of allylic oxidation sites excluding steroid dienone is 2.